The van der Waals surface area contributed by atoms with Gasteiger partial charge in [-0.15, -0.1) is 11.3 Å². The average molecular weight is 428 g/mol. The summed E-state index contributed by atoms with van der Waals surface area (Å²) in [7, 11) is 0. The van der Waals surface area contributed by atoms with Gasteiger partial charge in [-0.2, -0.15) is 0 Å². The number of benzene rings is 2. The molecule has 1 unspecified atom stereocenters. The number of para-hydroxylation sites is 1. The third-order valence-electron chi connectivity index (χ3n) is 4.27. The summed E-state index contributed by atoms with van der Waals surface area (Å²) in [4.78, 5) is 28.7. The van der Waals surface area contributed by atoms with E-state index in [1.54, 1.807) is 42.5 Å². The lowest BCUT2D eigenvalue weighted by Gasteiger charge is -2.15. The van der Waals surface area contributed by atoms with E-state index in [4.69, 9.17) is 9.47 Å². The number of hydrogen-bond acceptors (Lipinski definition) is 6. The topological polar surface area (TPSA) is 89.5 Å². The lowest BCUT2D eigenvalue weighted by molar-refractivity contribution is -0.132. The lowest BCUT2D eigenvalue weighted by Crippen LogP contribution is -2.47. The maximum atomic E-state index is 12.1. The number of nitrogens with one attached hydrogen (secondary N) is 2. The second kappa shape index (κ2) is 10.6. The van der Waals surface area contributed by atoms with Crippen molar-refractivity contribution in [3.63, 3.8) is 0 Å². The fraction of sp³-hybridized carbons (Fsp3) is 0.318. The summed E-state index contributed by atoms with van der Waals surface area (Å²) in [5.41, 5.74) is 5.82. The minimum atomic E-state index is -0.758. The van der Waals surface area contributed by atoms with Crippen LogP contribution in [0.15, 0.2) is 48.5 Å². The molecule has 0 aliphatic heterocycles. The van der Waals surface area contributed by atoms with Crippen LogP contribution in [0.1, 0.15) is 31.7 Å². The van der Waals surface area contributed by atoms with Crippen LogP contribution in [0.2, 0.25) is 0 Å². The van der Waals surface area contributed by atoms with Crippen LogP contribution in [0.25, 0.3) is 10.2 Å². The number of ether oxygens (including phenoxy) is 2. The first-order chi connectivity index (χ1) is 14.5. The number of aryl methyl sites for hydroxylation is 1. The molecule has 1 atom stereocenters. The van der Waals surface area contributed by atoms with Crippen LogP contribution >= 0.6 is 11.3 Å². The molecular formula is C22H25N3O4S. The van der Waals surface area contributed by atoms with Crippen molar-refractivity contribution in [2.45, 2.75) is 39.2 Å². The number of carbonyl (C=O) groups is 2. The summed E-state index contributed by atoms with van der Waals surface area (Å²) in [6.07, 6.45) is 0.910. The number of amides is 2. The number of aromatic nitrogens is 1. The molecule has 0 fully saturated rings. The number of carbonyl (C=O) groups excluding carboxylic acids is 2. The van der Waals surface area contributed by atoms with Gasteiger partial charge in [0, 0.05) is 6.42 Å². The highest BCUT2D eigenvalue weighted by Gasteiger charge is 2.15. The maximum Gasteiger partial charge on any atom is 0.279 e. The monoisotopic (exact) mass is 427 g/mol. The Hall–Kier alpha value is -3.13. The largest absolute Gasteiger partial charge is 0.494 e. The van der Waals surface area contributed by atoms with E-state index < -0.39 is 12.0 Å². The highest BCUT2D eigenvalue weighted by molar-refractivity contribution is 7.18. The molecule has 158 valence electrons. The van der Waals surface area contributed by atoms with Crippen molar-refractivity contribution < 1.29 is 19.1 Å². The molecule has 0 aliphatic rings. The SMILES string of the molecule is CCOc1ccc(OC(C)C(=O)NNC(=O)CCCc2nc3ccccc3s2)cc1. The molecule has 0 radical (unpaired) electrons. The van der Waals surface area contributed by atoms with E-state index in [2.05, 4.69) is 15.8 Å². The van der Waals surface area contributed by atoms with Gasteiger partial charge in [0.1, 0.15) is 11.5 Å². The van der Waals surface area contributed by atoms with Gasteiger partial charge in [0.25, 0.3) is 5.91 Å². The van der Waals surface area contributed by atoms with Gasteiger partial charge in [-0.05, 0) is 63.1 Å². The molecule has 0 bridgehead atoms. The lowest BCUT2D eigenvalue weighted by atomic mass is 10.2. The first kappa shape index (κ1) is 21.6. The fourth-order valence-corrected chi connectivity index (χ4v) is 3.77. The van der Waals surface area contributed by atoms with Crippen LogP contribution in [0, 0.1) is 0 Å². The highest BCUT2D eigenvalue weighted by Crippen LogP contribution is 2.22. The Morgan fingerprint density at radius 3 is 2.53 bits per heavy atom. The third-order valence-corrected chi connectivity index (χ3v) is 5.37. The average Bonchev–Trinajstić information content (AvgIpc) is 3.16. The molecule has 1 aromatic heterocycles. The Morgan fingerprint density at radius 1 is 1.07 bits per heavy atom. The van der Waals surface area contributed by atoms with Gasteiger partial charge in [-0.25, -0.2) is 4.98 Å². The second-order valence-electron chi connectivity index (χ2n) is 6.63. The van der Waals surface area contributed by atoms with E-state index >= 15 is 0 Å². The molecule has 1 heterocycles. The van der Waals surface area contributed by atoms with Crippen molar-refractivity contribution in [2.24, 2.45) is 0 Å². The van der Waals surface area contributed by atoms with E-state index in [0.29, 0.717) is 25.2 Å². The van der Waals surface area contributed by atoms with Crippen molar-refractivity contribution in [1.29, 1.82) is 0 Å². The van der Waals surface area contributed by atoms with Crippen LogP contribution in [-0.4, -0.2) is 29.5 Å². The zero-order valence-corrected chi connectivity index (χ0v) is 17.8. The summed E-state index contributed by atoms with van der Waals surface area (Å²) >= 11 is 1.64. The van der Waals surface area contributed by atoms with Gasteiger partial charge in [-0.3, -0.25) is 20.4 Å². The first-order valence-electron chi connectivity index (χ1n) is 9.88. The predicted octanol–water partition coefficient (Wildman–Crippen LogP) is 3.63. The summed E-state index contributed by atoms with van der Waals surface area (Å²) in [5.74, 6) is 0.601. The van der Waals surface area contributed by atoms with Crippen LogP contribution < -0.4 is 20.3 Å². The third kappa shape index (κ3) is 6.18. The van der Waals surface area contributed by atoms with Gasteiger partial charge in [0.15, 0.2) is 6.10 Å². The minimum absolute atomic E-state index is 0.252. The molecule has 0 aliphatic carbocycles. The number of thiazole rings is 1. The number of hydrazine groups is 1. The maximum absolute atomic E-state index is 12.1. The molecule has 0 saturated heterocycles. The quantitative estimate of drug-likeness (QED) is 0.509. The van der Waals surface area contributed by atoms with E-state index in [1.165, 1.54) is 0 Å². The Kier molecular flexibility index (Phi) is 7.62. The smallest absolute Gasteiger partial charge is 0.279 e. The molecule has 2 amide bonds. The van der Waals surface area contributed by atoms with Crippen LogP contribution in [0.4, 0.5) is 0 Å². The molecule has 2 N–H and O–H groups in total. The molecule has 7 nitrogen and oxygen atoms in total. The number of fused-ring (bicyclic) bond motifs is 1. The number of rotatable bonds is 9. The van der Waals surface area contributed by atoms with Crippen molar-refractivity contribution in [3.8, 4) is 11.5 Å². The van der Waals surface area contributed by atoms with E-state index in [-0.39, 0.29) is 5.91 Å². The zero-order valence-electron chi connectivity index (χ0n) is 17.0. The summed E-state index contributed by atoms with van der Waals surface area (Å²) in [6, 6.07) is 15.0. The molecule has 0 spiro atoms. The Morgan fingerprint density at radius 2 is 1.80 bits per heavy atom. The Bertz CT molecular complexity index is 954. The van der Waals surface area contributed by atoms with Crippen molar-refractivity contribution in [2.75, 3.05) is 6.61 Å². The predicted molar refractivity (Wildman–Crippen MR) is 117 cm³/mol. The van der Waals surface area contributed by atoms with E-state index in [1.807, 2.05) is 31.2 Å². The molecular weight excluding hydrogens is 402 g/mol. The molecule has 0 saturated carbocycles. The number of nitrogens with zero attached hydrogens (tertiary/aromatic N) is 1. The first-order valence-corrected chi connectivity index (χ1v) is 10.7. The zero-order chi connectivity index (χ0) is 21.3. The second-order valence-corrected chi connectivity index (χ2v) is 7.75. The van der Waals surface area contributed by atoms with Crippen molar-refractivity contribution in [3.05, 3.63) is 53.5 Å². The Balaban J connectivity index is 1.36. The normalized spacial score (nSPS) is 11.7. The van der Waals surface area contributed by atoms with Gasteiger partial charge < -0.3 is 9.47 Å². The number of hydrogen-bond donors (Lipinski definition) is 2. The van der Waals surface area contributed by atoms with Crippen molar-refractivity contribution >= 4 is 33.4 Å². The van der Waals surface area contributed by atoms with Gasteiger partial charge in [0.2, 0.25) is 5.91 Å². The van der Waals surface area contributed by atoms with Crippen molar-refractivity contribution in [1.82, 2.24) is 15.8 Å². The van der Waals surface area contributed by atoms with E-state index in [9.17, 15) is 9.59 Å². The highest BCUT2D eigenvalue weighted by atomic mass is 32.1. The minimum Gasteiger partial charge on any atom is -0.494 e. The van der Waals surface area contributed by atoms with Crippen LogP contribution in [0.5, 0.6) is 11.5 Å². The van der Waals surface area contributed by atoms with Crippen LogP contribution in [0.3, 0.4) is 0 Å². The van der Waals surface area contributed by atoms with Gasteiger partial charge >= 0.3 is 0 Å². The standard InChI is InChI=1S/C22H25N3O4S/c1-3-28-16-11-13-17(14-12-16)29-15(2)22(27)25-24-20(26)9-6-10-21-23-18-7-4-5-8-19(18)30-21/h4-5,7-8,11-15H,3,6,9-10H2,1-2H3,(H,24,26)(H,25,27). The van der Waals surface area contributed by atoms with Crippen LogP contribution in [-0.2, 0) is 16.0 Å². The molecule has 3 aromatic rings. The Labute approximate surface area is 179 Å². The molecule has 30 heavy (non-hydrogen) atoms. The molecule has 3 rings (SSSR count). The van der Waals surface area contributed by atoms with E-state index in [0.717, 1.165) is 27.4 Å². The van der Waals surface area contributed by atoms with Gasteiger partial charge in [0.05, 0.1) is 21.8 Å². The summed E-state index contributed by atoms with van der Waals surface area (Å²) in [6.45, 7) is 4.11. The summed E-state index contributed by atoms with van der Waals surface area (Å²) in [5, 5.41) is 1.01. The fourth-order valence-electron chi connectivity index (χ4n) is 2.76. The van der Waals surface area contributed by atoms with Gasteiger partial charge in [-0.1, -0.05) is 12.1 Å². The molecule has 2 aromatic carbocycles. The summed E-state index contributed by atoms with van der Waals surface area (Å²) < 4.78 is 12.1. The molecule has 8 heteroatoms.